The predicted molar refractivity (Wildman–Crippen MR) is 74.2 cm³/mol. The standard InChI is InChI=1S/C15H15N3O2/c1-2-4-12-10(3-1)9-13(19-12)15-17-14(20-18-15)7-8-16-11-5-6-11/h1-4,9,11,16H,5-8H2. The van der Waals surface area contributed by atoms with Crippen LogP contribution in [0.1, 0.15) is 18.7 Å². The Morgan fingerprint density at radius 1 is 1.25 bits per heavy atom. The van der Waals surface area contributed by atoms with E-state index in [0.29, 0.717) is 23.5 Å². The molecule has 1 aromatic carbocycles. The Morgan fingerprint density at radius 3 is 3.00 bits per heavy atom. The fraction of sp³-hybridized carbons (Fsp3) is 0.333. The lowest BCUT2D eigenvalue weighted by Gasteiger charge is -1.96. The predicted octanol–water partition coefficient (Wildman–Crippen LogP) is 2.78. The number of para-hydroxylation sites is 1. The lowest BCUT2D eigenvalue weighted by atomic mass is 10.2. The summed E-state index contributed by atoms with van der Waals surface area (Å²) < 4.78 is 11.0. The average Bonchev–Trinajstić information content (AvgIpc) is 3.01. The van der Waals surface area contributed by atoms with Crippen LogP contribution in [0.2, 0.25) is 0 Å². The Morgan fingerprint density at radius 2 is 2.15 bits per heavy atom. The van der Waals surface area contributed by atoms with E-state index in [4.69, 9.17) is 8.94 Å². The lowest BCUT2D eigenvalue weighted by Crippen LogP contribution is -2.19. The molecule has 0 spiro atoms. The first kappa shape index (κ1) is 11.7. The maximum atomic E-state index is 5.72. The maximum Gasteiger partial charge on any atom is 0.238 e. The highest BCUT2D eigenvalue weighted by atomic mass is 16.5. The molecule has 0 amide bonds. The molecule has 2 aromatic heterocycles. The topological polar surface area (TPSA) is 64.1 Å². The zero-order chi connectivity index (χ0) is 13.4. The third-order valence-corrected chi connectivity index (χ3v) is 3.46. The van der Waals surface area contributed by atoms with Gasteiger partial charge in [0.25, 0.3) is 0 Å². The first-order valence-corrected chi connectivity index (χ1v) is 6.93. The van der Waals surface area contributed by atoms with Crippen molar-refractivity contribution in [1.29, 1.82) is 0 Å². The second-order valence-electron chi connectivity index (χ2n) is 5.14. The van der Waals surface area contributed by atoms with Gasteiger partial charge in [-0.15, -0.1) is 0 Å². The minimum atomic E-state index is 0.516. The minimum absolute atomic E-state index is 0.516. The molecule has 20 heavy (non-hydrogen) atoms. The Bertz CT molecular complexity index is 694. The highest BCUT2D eigenvalue weighted by Crippen LogP contribution is 2.25. The first-order chi connectivity index (χ1) is 9.88. The fourth-order valence-electron chi connectivity index (χ4n) is 2.22. The summed E-state index contributed by atoms with van der Waals surface area (Å²) in [6.07, 6.45) is 3.33. The molecule has 1 fully saturated rings. The van der Waals surface area contributed by atoms with Crippen LogP contribution in [0.15, 0.2) is 39.3 Å². The van der Waals surface area contributed by atoms with Gasteiger partial charge >= 0.3 is 0 Å². The van der Waals surface area contributed by atoms with E-state index < -0.39 is 0 Å². The summed E-state index contributed by atoms with van der Waals surface area (Å²) in [5, 5.41) is 8.46. The van der Waals surface area contributed by atoms with Gasteiger partial charge in [0.1, 0.15) is 5.58 Å². The van der Waals surface area contributed by atoms with Crippen molar-refractivity contribution in [2.75, 3.05) is 6.54 Å². The molecule has 0 saturated heterocycles. The van der Waals surface area contributed by atoms with Gasteiger partial charge in [0.15, 0.2) is 5.76 Å². The zero-order valence-electron chi connectivity index (χ0n) is 11.0. The molecule has 0 atom stereocenters. The highest BCUT2D eigenvalue weighted by Gasteiger charge is 2.20. The van der Waals surface area contributed by atoms with Crippen molar-refractivity contribution in [3.8, 4) is 11.6 Å². The van der Waals surface area contributed by atoms with Gasteiger partial charge in [0.2, 0.25) is 11.7 Å². The Hall–Kier alpha value is -2.14. The molecule has 1 saturated carbocycles. The molecule has 1 aliphatic rings. The number of nitrogens with one attached hydrogen (secondary N) is 1. The molecule has 0 unspecified atom stereocenters. The maximum absolute atomic E-state index is 5.72. The molecule has 4 rings (SSSR count). The van der Waals surface area contributed by atoms with Crippen molar-refractivity contribution >= 4 is 11.0 Å². The van der Waals surface area contributed by atoms with Crippen LogP contribution in [0, 0.1) is 0 Å². The van der Waals surface area contributed by atoms with E-state index in [0.717, 1.165) is 23.9 Å². The van der Waals surface area contributed by atoms with Crippen molar-refractivity contribution in [2.45, 2.75) is 25.3 Å². The van der Waals surface area contributed by atoms with E-state index in [2.05, 4.69) is 15.5 Å². The summed E-state index contributed by atoms with van der Waals surface area (Å²) in [5.41, 5.74) is 0.837. The molecule has 0 radical (unpaired) electrons. The molecule has 5 nitrogen and oxygen atoms in total. The van der Waals surface area contributed by atoms with Crippen LogP contribution in [0.3, 0.4) is 0 Å². The summed E-state index contributed by atoms with van der Waals surface area (Å²) >= 11 is 0. The van der Waals surface area contributed by atoms with Gasteiger partial charge in [-0.1, -0.05) is 23.4 Å². The van der Waals surface area contributed by atoms with Crippen LogP contribution >= 0.6 is 0 Å². The van der Waals surface area contributed by atoms with Crippen LogP contribution in [0.5, 0.6) is 0 Å². The van der Waals surface area contributed by atoms with E-state index >= 15 is 0 Å². The molecule has 0 bridgehead atoms. The Balaban J connectivity index is 1.51. The minimum Gasteiger partial charge on any atom is -0.453 e. The number of rotatable bonds is 5. The van der Waals surface area contributed by atoms with Crippen LogP contribution < -0.4 is 5.32 Å². The third-order valence-electron chi connectivity index (χ3n) is 3.46. The zero-order valence-corrected chi connectivity index (χ0v) is 11.0. The quantitative estimate of drug-likeness (QED) is 0.771. The third kappa shape index (κ3) is 2.32. The van der Waals surface area contributed by atoms with Crippen molar-refractivity contribution in [3.63, 3.8) is 0 Å². The van der Waals surface area contributed by atoms with Gasteiger partial charge in [-0.3, -0.25) is 0 Å². The molecule has 3 aromatic rings. The summed E-state index contributed by atoms with van der Waals surface area (Å²) in [6.45, 7) is 0.881. The van der Waals surface area contributed by atoms with Crippen LogP contribution in [0.25, 0.3) is 22.6 Å². The van der Waals surface area contributed by atoms with Crippen molar-refractivity contribution in [1.82, 2.24) is 15.5 Å². The van der Waals surface area contributed by atoms with Crippen LogP contribution in [-0.2, 0) is 6.42 Å². The fourth-order valence-corrected chi connectivity index (χ4v) is 2.22. The monoisotopic (exact) mass is 269 g/mol. The van der Waals surface area contributed by atoms with E-state index in [1.807, 2.05) is 30.3 Å². The number of furan rings is 1. The molecule has 5 heteroatoms. The van der Waals surface area contributed by atoms with E-state index in [1.165, 1.54) is 12.8 Å². The number of fused-ring (bicyclic) bond motifs is 1. The number of hydrogen-bond donors (Lipinski definition) is 1. The molecule has 2 heterocycles. The molecule has 1 N–H and O–H groups in total. The smallest absolute Gasteiger partial charge is 0.238 e. The number of benzene rings is 1. The molecule has 0 aliphatic heterocycles. The Kier molecular flexibility index (Phi) is 2.77. The summed E-state index contributed by atoms with van der Waals surface area (Å²) in [7, 11) is 0. The van der Waals surface area contributed by atoms with E-state index in [-0.39, 0.29) is 0 Å². The molecular weight excluding hydrogens is 254 g/mol. The second-order valence-corrected chi connectivity index (χ2v) is 5.14. The summed E-state index contributed by atoms with van der Waals surface area (Å²) in [4.78, 5) is 4.38. The lowest BCUT2D eigenvalue weighted by molar-refractivity contribution is 0.375. The largest absolute Gasteiger partial charge is 0.453 e. The normalized spacial score (nSPS) is 15.0. The SMILES string of the molecule is c1ccc2oc(-c3noc(CCNC4CC4)n3)cc2c1. The second kappa shape index (κ2) is 4.76. The van der Waals surface area contributed by atoms with Gasteiger partial charge in [-0.05, 0) is 25.0 Å². The van der Waals surface area contributed by atoms with Crippen LogP contribution in [-0.4, -0.2) is 22.7 Å². The average molecular weight is 269 g/mol. The molecular formula is C15H15N3O2. The molecule has 102 valence electrons. The number of hydrogen-bond acceptors (Lipinski definition) is 5. The first-order valence-electron chi connectivity index (χ1n) is 6.93. The van der Waals surface area contributed by atoms with E-state index in [1.54, 1.807) is 0 Å². The van der Waals surface area contributed by atoms with Crippen molar-refractivity contribution in [2.24, 2.45) is 0 Å². The number of nitrogens with zero attached hydrogens (tertiary/aromatic N) is 2. The highest BCUT2D eigenvalue weighted by molar-refractivity contribution is 5.81. The van der Waals surface area contributed by atoms with Gasteiger partial charge in [-0.25, -0.2) is 0 Å². The van der Waals surface area contributed by atoms with Gasteiger partial charge in [0, 0.05) is 24.4 Å². The summed E-state index contributed by atoms with van der Waals surface area (Å²) in [6, 6.07) is 10.5. The van der Waals surface area contributed by atoms with E-state index in [9.17, 15) is 0 Å². The van der Waals surface area contributed by atoms with Crippen LogP contribution in [0.4, 0.5) is 0 Å². The van der Waals surface area contributed by atoms with Gasteiger partial charge < -0.3 is 14.3 Å². The number of aromatic nitrogens is 2. The Labute approximate surface area is 116 Å². The van der Waals surface area contributed by atoms with Crippen molar-refractivity contribution < 1.29 is 8.94 Å². The van der Waals surface area contributed by atoms with Gasteiger partial charge in [0.05, 0.1) is 0 Å². The van der Waals surface area contributed by atoms with Crippen molar-refractivity contribution in [3.05, 3.63) is 36.2 Å². The van der Waals surface area contributed by atoms with Gasteiger partial charge in [-0.2, -0.15) is 4.98 Å². The molecule has 1 aliphatic carbocycles. The summed E-state index contributed by atoms with van der Waals surface area (Å²) in [5.74, 6) is 1.81.